The van der Waals surface area contributed by atoms with Crippen LogP contribution in [-0.2, 0) is 28.7 Å². The standard InChI is InChI=1S/C19H24N2O3S/c1-21(2)13-16-6-4-15(5-7-16)12-20-19(22)18-10-8-17(9-11-18)14-25(3,23)24/h4-11H,12-14H2,1-3H3,(H,20,22). The van der Waals surface area contributed by atoms with Crippen LogP contribution in [0.4, 0.5) is 0 Å². The number of carbonyl (C=O) groups excluding carboxylic acids is 1. The fourth-order valence-electron chi connectivity index (χ4n) is 2.47. The topological polar surface area (TPSA) is 66.5 Å². The van der Waals surface area contributed by atoms with Crippen molar-refractivity contribution in [1.82, 2.24) is 10.2 Å². The van der Waals surface area contributed by atoms with Crippen LogP contribution in [0.15, 0.2) is 48.5 Å². The first-order valence-electron chi connectivity index (χ1n) is 8.00. The minimum atomic E-state index is -3.07. The van der Waals surface area contributed by atoms with E-state index in [1.807, 2.05) is 26.2 Å². The minimum Gasteiger partial charge on any atom is -0.348 e. The Morgan fingerprint density at radius 3 is 1.96 bits per heavy atom. The van der Waals surface area contributed by atoms with Crippen LogP contribution in [0.5, 0.6) is 0 Å². The lowest BCUT2D eigenvalue weighted by atomic mass is 10.1. The summed E-state index contributed by atoms with van der Waals surface area (Å²) in [5.41, 5.74) is 3.45. The molecule has 5 nitrogen and oxygen atoms in total. The summed E-state index contributed by atoms with van der Waals surface area (Å²) >= 11 is 0. The first-order valence-corrected chi connectivity index (χ1v) is 10.1. The molecule has 2 aromatic rings. The highest BCUT2D eigenvalue weighted by Crippen LogP contribution is 2.09. The maximum absolute atomic E-state index is 12.2. The third-order valence-electron chi connectivity index (χ3n) is 3.62. The molecule has 134 valence electrons. The molecule has 25 heavy (non-hydrogen) atoms. The third-order valence-corrected chi connectivity index (χ3v) is 4.48. The molecule has 1 N–H and O–H groups in total. The molecule has 0 unspecified atom stereocenters. The van der Waals surface area contributed by atoms with Crippen molar-refractivity contribution in [2.24, 2.45) is 0 Å². The summed E-state index contributed by atoms with van der Waals surface area (Å²) in [4.78, 5) is 14.3. The average Bonchev–Trinajstić information content (AvgIpc) is 2.52. The second-order valence-electron chi connectivity index (χ2n) is 6.50. The van der Waals surface area contributed by atoms with Gasteiger partial charge in [-0.05, 0) is 42.9 Å². The number of hydrogen-bond donors (Lipinski definition) is 1. The number of nitrogens with one attached hydrogen (secondary N) is 1. The van der Waals surface area contributed by atoms with E-state index in [0.29, 0.717) is 17.7 Å². The van der Waals surface area contributed by atoms with Gasteiger partial charge < -0.3 is 10.2 Å². The highest BCUT2D eigenvalue weighted by atomic mass is 32.2. The van der Waals surface area contributed by atoms with Gasteiger partial charge in [-0.1, -0.05) is 36.4 Å². The van der Waals surface area contributed by atoms with Crippen LogP contribution in [0, 0.1) is 0 Å². The Balaban J connectivity index is 1.91. The van der Waals surface area contributed by atoms with Crippen LogP contribution in [0.3, 0.4) is 0 Å². The second kappa shape index (κ2) is 8.27. The Bertz CT molecular complexity index is 811. The van der Waals surface area contributed by atoms with Crippen molar-refractivity contribution in [3.63, 3.8) is 0 Å². The third kappa shape index (κ3) is 6.68. The number of rotatable bonds is 7. The van der Waals surface area contributed by atoms with E-state index in [0.717, 1.165) is 12.1 Å². The fraction of sp³-hybridized carbons (Fsp3) is 0.316. The van der Waals surface area contributed by atoms with E-state index in [1.54, 1.807) is 24.3 Å². The molecule has 0 aromatic heterocycles. The lowest BCUT2D eigenvalue weighted by Crippen LogP contribution is -2.22. The second-order valence-corrected chi connectivity index (χ2v) is 8.64. The van der Waals surface area contributed by atoms with E-state index >= 15 is 0 Å². The largest absolute Gasteiger partial charge is 0.348 e. The molecule has 0 bridgehead atoms. The molecular weight excluding hydrogens is 336 g/mol. The molecule has 0 radical (unpaired) electrons. The van der Waals surface area contributed by atoms with Crippen LogP contribution in [0.25, 0.3) is 0 Å². The lowest BCUT2D eigenvalue weighted by Gasteiger charge is -2.10. The monoisotopic (exact) mass is 360 g/mol. The van der Waals surface area contributed by atoms with Gasteiger partial charge in [0.25, 0.3) is 5.91 Å². The number of benzene rings is 2. The summed E-state index contributed by atoms with van der Waals surface area (Å²) in [6, 6.07) is 14.8. The van der Waals surface area contributed by atoms with Crippen LogP contribution in [0.2, 0.25) is 0 Å². The number of sulfone groups is 1. The van der Waals surface area contributed by atoms with Crippen molar-refractivity contribution in [3.05, 3.63) is 70.8 Å². The van der Waals surface area contributed by atoms with Gasteiger partial charge in [0.05, 0.1) is 5.75 Å². The molecular formula is C19H24N2O3S. The average molecular weight is 360 g/mol. The Kier molecular flexibility index (Phi) is 6.33. The highest BCUT2D eigenvalue weighted by molar-refractivity contribution is 7.89. The summed E-state index contributed by atoms with van der Waals surface area (Å²) in [5, 5.41) is 2.88. The first kappa shape index (κ1) is 19.1. The molecule has 0 saturated carbocycles. The predicted molar refractivity (Wildman–Crippen MR) is 100.0 cm³/mol. The van der Waals surface area contributed by atoms with Crippen molar-refractivity contribution < 1.29 is 13.2 Å². The zero-order valence-corrected chi connectivity index (χ0v) is 15.6. The maximum Gasteiger partial charge on any atom is 0.251 e. The van der Waals surface area contributed by atoms with Crippen molar-refractivity contribution in [1.29, 1.82) is 0 Å². The number of carbonyl (C=O) groups is 1. The van der Waals surface area contributed by atoms with Crippen LogP contribution in [-0.4, -0.2) is 39.6 Å². The first-order chi connectivity index (χ1) is 11.7. The van der Waals surface area contributed by atoms with E-state index in [4.69, 9.17) is 0 Å². The van der Waals surface area contributed by atoms with Gasteiger partial charge in [0, 0.05) is 24.9 Å². The van der Waals surface area contributed by atoms with Gasteiger partial charge in [-0.25, -0.2) is 8.42 Å². The van der Waals surface area contributed by atoms with Gasteiger partial charge in [0.2, 0.25) is 0 Å². The predicted octanol–water partition coefficient (Wildman–Crippen LogP) is 2.22. The highest BCUT2D eigenvalue weighted by Gasteiger charge is 2.08. The summed E-state index contributed by atoms with van der Waals surface area (Å²) in [6.07, 6.45) is 1.19. The van der Waals surface area contributed by atoms with Crippen molar-refractivity contribution in [3.8, 4) is 0 Å². The van der Waals surface area contributed by atoms with E-state index in [1.165, 1.54) is 11.8 Å². The number of nitrogens with zero attached hydrogens (tertiary/aromatic N) is 1. The summed E-state index contributed by atoms with van der Waals surface area (Å²) in [7, 11) is 0.975. The lowest BCUT2D eigenvalue weighted by molar-refractivity contribution is 0.0951. The Hall–Kier alpha value is -2.18. The number of hydrogen-bond acceptors (Lipinski definition) is 4. The quantitative estimate of drug-likeness (QED) is 0.822. The molecule has 0 aliphatic heterocycles. The molecule has 0 saturated heterocycles. The van der Waals surface area contributed by atoms with Crippen LogP contribution in [0.1, 0.15) is 27.0 Å². The van der Waals surface area contributed by atoms with Gasteiger partial charge in [0.1, 0.15) is 0 Å². The molecule has 6 heteroatoms. The Labute approximate surface area is 149 Å². The van der Waals surface area contributed by atoms with Gasteiger partial charge in [-0.2, -0.15) is 0 Å². The van der Waals surface area contributed by atoms with Crippen LogP contribution >= 0.6 is 0 Å². The van der Waals surface area contributed by atoms with E-state index in [2.05, 4.69) is 22.3 Å². The minimum absolute atomic E-state index is 0.0196. The van der Waals surface area contributed by atoms with Gasteiger partial charge in [0.15, 0.2) is 9.84 Å². The Morgan fingerprint density at radius 2 is 1.44 bits per heavy atom. The normalized spacial score (nSPS) is 11.5. The van der Waals surface area contributed by atoms with E-state index in [9.17, 15) is 13.2 Å². The summed E-state index contributed by atoms with van der Waals surface area (Å²) < 4.78 is 22.6. The van der Waals surface area contributed by atoms with E-state index in [-0.39, 0.29) is 11.7 Å². The summed E-state index contributed by atoms with van der Waals surface area (Å²) in [5.74, 6) is -0.197. The van der Waals surface area contributed by atoms with Crippen molar-refractivity contribution in [2.45, 2.75) is 18.8 Å². The summed E-state index contributed by atoms with van der Waals surface area (Å²) in [6.45, 7) is 1.33. The molecule has 1 amide bonds. The number of amides is 1. The maximum atomic E-state index is 12.2. The van der Waals surface area contributed by atoms with Gasteiger partial charge >= 0.3 is 0 Å². The Morgan fingerprint density at radius 1 is 0.920 bits per heavy atom. The molecule has 0 atom stereocenters. The smallest absolute Gasteiger partial charge is 0.251 e. The molecule has 0 aliphatic rings. The van der Waals surface area contributed by atoms with E-state index < -0.39 is 9.84 Å². The van der Waals surface area contributed by atoms with Crippen molar-refractivity contribution >= 4 is 15.7 Å². The molecule has 0 heterocycles. The molecule has 2 rings (SSSR count). The SMILES string of the molecule is CN(C)Cc1ccc(CNC(=O)c2ccc(CS(C)(=O)=O)cc2)cc1. The molecule has 0 aliphatic carbocycles. The molecule has 2 aromatic carbocycles. The van der Waals surface area contributed by atoms with Gasteiger partial charge in [-0.15, -0.1) is 0 Å². The fourth-order valence-corrected chi connectivity index (χ4v) is 3.27. The molecule has 0 fully saturated rings. The van der Waals surface area contributed by atoms with Crippen LogP contribution < -0.4 is 5.32 Å². The zero-order valence-electron chi connectivity index (χ0n) is 14.8. The van der Waals surface area contributed by atoms with Crippen molar-refractivity contribution in [2.75, 3.05) is 20.4 Å². The van der Waals surface area contributed by atoms with Gasteiger partial charge in [-0.3, -0.25) is 4.79 Å². The molecule has 0 spiro atoms. The zero-order chi connectivity index (χ0) is 18.4.